The lowest BCUT2D eigenvalue weighted by atomic mass is 10.2. The average Bonchev–Trinajstić information content (AvgIpc) is 2.49. The van der Waals surface area contributed by atoms with Gasteiger partial charge >= 0.3 is 0 Å². The number of rotatable bonds is 6. The van der Waals surface area contributed by atoms with Crippen molar-refractivity contribution in [2.24, 2.45) is 4.99 Å². The highest BCUT2D eigenvalue weighted by Crippen LogP contribution is 2.11. The van der Waals surface area contributed by atoms with E-state index in [2.05, 4.69) is 15.6 Å². The molecule has 0 bridgehead atoms. The van der Waals surface area contributed by atoms with Crippen molar-refractivity contribution in [1.29, 1.82) is 0 Å². The molecule has 0 heterocycles. The molecular formula is C16H27IN4O2. The van der Waals surface area contributed by atoms with Gasteiger partial charge in [0.2, 0.25) is 5.91 Å². The summed E-state index contributed by atoms with van der Waals surface area (Å²) in [4.78, 5) is 17.7. The Bertz CT molecular complexity index is 501. The quantitative estimate of drug-likeness (QED) is 0.408. The molecule has 0 radical (unpaired) electrons. The molecule has 0 saturated carbocycles. The number of ether oxygens (including phenoxy) is 1. The first-order valence-electron chi connectivity index (χ1n) is 7.30. The number of benzene rings is 1. The Morgan fingerprint density at radius 3 is 2.35 bits per heavy atom. The van der Waals surface area contributed by atoms with E-state index < -0.39 is 0 Å². The molecule has 1 aromatic carbocycles. The molecule has 130 valence electrons. The molecule has 0 aromatic heterocycles. The number of methoxy groups -OCH3 is 1. The summed E-state index contributed by atoms with van der Waals surface area (Å²) in [6, 6.07) is 7.99. The fourth-order valence-electron chi connectivity index (χ4n) is 1.64. The number of likely N-dealkylation sites (N-methyl/N-ethyl adjacent to an activating group) is 1. The molecule has 7 heteroatoms. The second-order valence-corrected chi connectivity index (χ2v) is 5.45. The molecule has 0 fully saturated rings. The fourth-order valence-corrected chi connectivity index (χ4v) is 1.64. The second-order valence-electron chi connectivity index (χ2n) is 5.45. The Hall–Kier alpha value is -1.51. The molecular weight excluding hydrogens is 407 g/mol. The molecule has 0 aliphatic heterocycles. The minimum atomic E-state index is 0. The molecule has 2 N–H and O–H groups in total. The summed E-state index contributed by atoms with van der Waals surface area (Å²) < 4.78 is 5.13. The average molecular weight is 434 g/mol. The fraction of sp³-hybridized carbons (Fsp3) is 0.500. The molecule has 0 saturated heterocycles. The van der Waals surface area contributed by atoms with E-state index in [1.807, 2.05) is 38.1 Å². The molecule has 23 heavy (non-hydrogen) atoms. The van der Waals surface area contributed by atoms with Crippen LogP contribution in [-0.4, -0.2) is 50.6 Å². The Kier molecular flexibility index (Phi) is 10.4. The molecule has 0 atom stereocenters. The van der Waals surface area contributed by atoms with E-state index in [9.17, 15) is 4.79 Å². The first kappa shape index (κ1) is 21.5. The predicted molar refractivity (Wildman–Crippen MR) is 105 cm³/mol. The maximum absolute atomic E-state index is 11.6. The smallest absolute Gasteiger partial charge is 0.241 e. The molecule has 1 amide bonds. The van der Waals surface area contributed by atoms with Gasteiger partial charge in [0, 0.05) is 20.1 Å². The van der Waals surface area contributed by atoms with Gasteiger partial charge in [-0.2, -0.15) is 0 Å². The van der Waals surface area contributed by atoms with Crippen LogP contribution in [0, 0.1) is 0 Å². The third-order valence-electron chi connectivity index (χ3n) is 2.91. The number of carbonyl (C=O) groups is 1. The van der Waals surface area contributed by atoms with Gasteiger partial charge in [-0.15, -0.1) is 24.0 Å². The third-order valence-corrected chi connectivity index (χ3v) is 2.91. The molecule has 0 unspecified atom stereocenters. The van der Waals surface area contributed by atoms with Crippen LogP contribution in [0.5, 0.6) is 5.75 Å². The van der Waals surface area contributed by atoms with E-state index in [0.717, 1.165) is 11.3 Å². The number of hydrogen-bond acceptors (Lipinski definition) is 3. The first-order chi connectivity index (χ1) is 10.4. The standard InChI is InChI=1S/C16H26N4O2.HI/c1-12(2)19-16(18-11-15(21)20(3)4)17-10-13-6-8-14(22-5)9-7-13;/h6-9,12H,10-11H2,1-5H3,(H2,17,18,19);1H. The molecule has 1 aromatic rings. The van der Waals surface area contributed by atoms with Crippen molar-refractivity contribution < 1.29 is 9.53 Å². The molecule has 0 aliphatic rings. The summed E-state index contributed by atoms with van der Waals surface area (Å²) in [6.07, 6.45) is 0. The van der Waals surface area contributed by atoms with Gasteiger partial charge in [0.05, 0.1) is 20.2 Å². The zero-order valence-corrected chi connectivity index (χ0v) is 16.8. The highest BCUT2D eigenvalue weighted by molar-refractivity contribution is 14.0. The van der Waals surface area contributed by atoms with Crippen molar-refractivity contribution in [2.45, 2.75) is 26.4 Å². The van der Waals surface area contributed by atoms with Crippen LogP contribution in [-0.2, 0) is 11.3 Å². The van der Waals surface area contributed by atoms with Gasteiger partial charge in [-0.25, -0.2) is 4.99 Å². The molecule has 0 aliphatic carbocycles. The Morgan fingerprint density at radius 2 is 1.87 bits per heavy atom. The van der Waals surface area contributed by atoms with Gasteiger partial charge in [-0.1, -0.05) is 12.1 Å². The number of nitrogens with one attached hydrogen (secondary N) is 2. The van der Waals surface area contributed by atoms with Gasteiger partial charge in [0.15, 0.2) is 5.96 Å². The lowest BCUT2D eigenvalue weighted by molar-refractivity contribution is -0.127. The van der Waals surface area contributed by atoms with Crippen LogP contribution in [0.3, 0.4) is 0 Å². The van der Waals surface area contributed by atoms with Crippen LogP contribution in [0.15, 0.2) is 29.3 Å². The monoisotopic (exact) mass is 434 g/mol. The SMILES string of the molecule is COc1ccc(CN=C(NCC(=O)N(C)C)NC(C)C)cc1.I. The minimum Gasteiger partial charge on any atom is -0.497 e. The predicted octanol–water partition coefficient (Wildman–Crippen LogP) is 1.85. The van der Waals surface area contributed by atoms with Crippen LogP contribution in [0.2, 0.25) is 0 Å². The zero-order chi connectivity index (χ0) is 16.5. The second kappa shape index (κ2) is 11.1. The largest absolute Gasteiger partial charge is 0.497 e. The van der Waals surface area contributed by atoms with Gasteiger partial charge in [0.25, 0.3) is 0 Å². The van der Waals surface area contributed by atoms with E-state index in [1.54, 1.807) is 26.1 Å². The first-order valence-corrected chi connectivity index (χ1v) is 7.30. The highest BCUT2D eigenvalue weighted by Gasteiger charge is 2.06. The maximum atomic E-state index is 11.6. The number of hydrogen-bond donors (Lipinski definition) is 2. The van der Waals surface area contributed by atoms with E-state index in [0.29, 0.717) is 12.5 Å². The summed E-state index contributed by atoms with van der Waals surface area (Å²) in [6.45, 7) is 4.80. The van der Waals surface area contributed by atoms with Gasteiger partial charge in [-0.3, -0.25) is 4.79 Å². The molecule has 0 spiro atoms. The number of carbonyl (C=O) groups excluding carboxylic acids is 1. The Labute approximate surface area is 155 Å². The van der Waals surface area contributed by atoms with Crippen LogP contribution in [0.1, 0.15) is 19.4 Å². The Balaban J connectivity index is 0.00000484. The van der Waals surface area contributed by atoms with Crippen molar-refractivity contribution in [2.75, 3.05) is 27.7 Å². The summed E-state index contributed by atoms with van der Waals surface area (Å²) >= 11 is 0. The van der Waals surface area contributed by atoms with Crippen molar-refractivity contribution in [3.63, 3.8) is 0 Å². The highest BCUT2D eigenvalue weighted by atomic mass is 127. The topological polar surface area (TPSA) is 66.0 Å². The number of guanidine groups is 1. The lowest BCUT2D eigenvalue weighted by Crippen LogP contribution is -2.45. The number of halogens is 1. The van der Waals surface area contributed by atoms with Crippen LogP contribution in [0.25, 0.3) is 0 Å². The van der Waals surface area contributed by atoms with E-state index in [-0.39, 0.29) is 42.5 Å². The minimum absolute atomic E-state index is 0. The molecule has 6 nitrogen and oxygen atoms in total. The van der Waals surface area contributed by atoms with Crippen LogP contribution >= 0.6 is 24.0 Å². The number of amides is 1. The molecule has 1 rings (SSSR count). The Morgan fingerprint density at radius 1 is 1.26 bits per heavy atom. The number of nitrogens with zero attached hydrogens (tertiary/aromatic N) is 2. The van der Waals surface area contributed by atoms with Crippen molar-refractivity contribution in [3.05, 3.63) is 29.8 Å². The third kappa shape index (κ3) is 8.63. The summed E-state index contributed by atoms with van der Waals surface area (Å²) in [7, 11) is 5.10. The van der Waals surface area contributed by atoms with E-state index in [1.165, 1.54) is 0 Å². The summed E-state index contributed by atoms with van der Waals surface area (Å²) in [5.74, 6) is 1.45. The van der Waals surface area contributed by atoms with Gasteiger partial charge < -0.3 is 20.3 Å². The van der Waals surface area contributed by atoms with E-state index >= 15 is 0 Å². The van der Waals surface area contributed by atoms with Crippen LogP contribution in [0.4, 0.5) is 0 Å². The maximum Gasteiger partial charge on any atom is 0.241 e. The lowest BCUT2D eigenvalue weighted by Gasteiger charge is -2.16. The van der Waals surface area contributed by atoms with Gasteiger partial charge in [-0.05, 0) is 31.5 Å². The van der Waals surface area contributed by atoms with Crippen LogP contribution < -0.4 is 15.4 Å². The van der Waals surface area contributed by atoms with Crippen molar-refractivity contribution >= 4 is 35.8 Å². The summed E-state index contributed by atoms with van der Waals surface area (Å²) in [5.41, 5.74) is 1.07. The van der Waals surface area contributed by atoms with Crippen molar-refractivity contribution in [1.82, 2.24) is 15.5 Å². The normalized spacial score (nSPS) is 10.8. The zero-order valence-electron chi connectivity index (χ0n) is 14.4. The van der Waals surface area contributed by atoms with Crippen molar-refractivity contribution in [3.8, 4) is 5.75 Å². The summed E-state index contributed by atoms with van der Waals surface area (Å²) in [5, 5.41) is 6.26. The van der Waals surface area contributed by atoms with Gasteiger partial charge in [0.1, 0.15) is 5.75 Å². The van der Waals surface area contributed by atoms with E-state index in [4.69, 9.17) is 4.74 Å². The number of aliphatic imine (C=N–C) groups is 1.